The smallest absolute Gasteiger partial charge is 0.375 e. The molecule has 0 aromatic heterocycles. The number of likely N-dealkylation sites (tertiary alicyclic amines) is 1. The van der Waals surface area contributed by atoms with Crippen LogP contribution in [0.3, 0.4) is 0 Å². The van der Waals surface area contributed by atoms with Crippen LogP contribution < -0.4 is 12.4 Å². The highest BCUT2D eigenvalue weighted by Crippen LogP contribution is 2.55. The van der Waals surface area contributed by atoms with Crippen molar-refractivity contribution in [2.45, 2.75) is 36.4 Å². The Kier molecular flexibility index (Phi) is 7.89. The zero-order valence-corrected chi connectivity index (χ0v) is 15.5. The molecule has 3 unspecified atom stereocenters. The van der Waals surface area contributed by atoms with Gasteiger partial charge in [0.05, 0.1) is 32.6 Å². The molecule has 8 nitrogen and oxygen atoms in total. The number of thiol groups is 1. The summed E-state index contributed by atoms with van der Waals surface area (Å²) in [7, 11) is -8.95. The molecule has 12 heteroatoms. The molecule has 0 aromatic carbocycles. The lowest BCUT2D eigenvalue weighted by molar-refractivity contribution is -0.936. The van der Waals surface area contributed by atoms with Gasteiger partial charge >= 0.3 is 17.7 Å². The summed E-state index contributed by atoms with van der Waals surface area (Å²) in [6, 6.07) is -0.481. The molecule has 0 radical (unpaired) electrons. The maximum absolute atomic E-state index is 11.4. The van der Waals surface area contributed by atoms with E-state index in [1.165, 1.54) is 0 Å². The summed E-state index contributed by atoms with van der Waals surface area (Å²) in [5.41, 5.74) is 0. The lowest BCUT2D eigenvalue weighted by Crippen LogP contribution is -3.00. The molecule has 0 aliphatic carbocycles. The van der Waals surface area contributed by atoms with Crippen LogP contribution in [-0.4, -0.2) is 69.0 Å². The van der Waals surface area contributed by atoms with Gasteiger partial charge < -0.3 is 31.8 Å². The van der Waals surface area contributed by atoms with Crippen molar-refractivity contribution in [1.82, 2.24) is 0 Å². The molecule has 0 saturated carbocycles. The van der Waals surface area contributed by atoms with Gasteiger partial charge in [-0.3, -0.25) is 9.12 Å². The van der Waals surface area contributed by atoms with Crippen LogP contribution in [0.5, 0.6) is 0 Å². The standard InChI is InChI=1S/C10H22NO7PS2.ClH/c1-11(6-7-20)5-3-2-4-9(11)8-10(12,19(13,14)15)21(16,17)18;/h9,12H,2-8H2,1H3,(H3-,13,14,15,16,17,18,20);1H. The van der Waals surface area contributed by atoms with Crippen molar-refractivity contribution in [3.8, 4) is 0 Å². The second-order valence-electron chi connectivity index (χ2n) is 5.77. The van der Waals surface area contributed by atoms with E-state index in [4.69, 9.17) is 4.55 Å². The molecule has 0 bridgehead atoms. The molecule has 1 rings (SSSR count). The number of hydrogen-bond donors (Lipinski definition) is 5. The Hall–Kier alpha value is 0.620. The lowest BCUT2D eigenvalue weighted by atomic mass is 9.96. The summed E-state index contributed by atoms with van der Waals surface area (Å²) in [4.78, 5) is 18.4. The summed E-state index contributed by atoms with van der Waals surface area (Å²) in [5.74, 6) is 0.521. The highest BCUT2D eigenvalue weighted by atomic mass is 35.5. The van der Waals surface area contributed by atoms with Crippen LogP contribution in [0.2, 0.25) is 0 Å². The summed E-state index contributed by atoms with van der Waals surface area (Å²) in [5, 5.41) is 10.0. The van der Waals surface area contributed by atoms with Crippen LogP contribution in [0, 0.1) is 0 Å². The number of rotatable bonds is 6. The first-order valence-electron chi connectivity index (χ1n) is 6.57. The van der Waals surface area contributed by atoms with E-state index >= 15 is 0 Å². The summed E-state index contributed by atoms with van der Waals surface area (Å²) >= 11 is 4.15. The van der Waals surface area contributed by atoms with E-state index in [1.54, 1.807) is 0 Å². The Morgan fingerprint density at radius 1 is 1.36 bits per heavy atom. The third-order valence-electron chi connectivity index (χ3n) is 4.32. The molecule has 4 N–H and O–H groups in total. The zero-order valence-electron chi connectivity index (χ0n) is 12.2. The second kappa shape index (κ2) is 7.67. The van der Waals surface area contributed by atoms with Crippen LogP contribution >= 0.6 is 20.2 Å². The van der Waals surface area contributed by atoms with E-state index in [0.29, 0.717) is 29.7 Å². The average molecular weight is 400 g/mol. The molecule has 1 fully saturated rings. The minimum atomic E-state index is -5.46. The average Bonchev–Trinajstić information content (AvgIpc) is 2.29. The fourth-order valence-corrected chi connectivity index (χ4v) is 5.38. The molecule has 3 atom stereocenters. The van der Waals surface area contributed by atoms with Gasteiger partial charge in [0.2, 0.25) is 0 Å². The van der Waals surface area contributed by atoms with Gasteiger partial charge in [-0.1, -0.05) is 0 Å². The Morgan fingerprint density at radius 2 is 1.91 bits per heavy atom. The van der Waals surface area contributed by atoms with E-state index in [-0.39, 0.29) is 12.4 Å². The van der Waals surface area contributed by atoms with E-state index in [2.05, 4.69) is 12.6 Å². The highest BCUT2D eigenvalue weighted by molar-refractivity contribution is 7.94. The van der Waals surface area contributed by atoms with Gasteiger partial charge in [-0.2, -0.15) is 21.0 Å². The fraction of sp³-hybridized carbons (Fsp3) is 1.00. The first-order valence-corrected chi connectivity index (χ1v) is 10.3. The van der Waals surface area contributed by atoms with E-state index in [1.807, 2.05) is 7.05 Å². The molecule has 0 amide bonds. The minimum Gasteiger partial charge on any atom is -1.00 e. The maximum Gasteiger partial charge on any atom is 0.375 e. The van der Waals surface area contributed by atoms with Gasteiger partial charge in [0.1, 0.15) is 0 Å². The molecule has 22 heavy (non-hydrogen) atoms. The third kappa shape index (κ3) is 4.58. The second-order valence-corrected chi connectivity index (χ2v) is 9.97. The van der Waals surface area contributed by atoms with Gasteiger partial charge in [-0.25, -0.2) is 0 Å². The predicted octanol–water partition coefficient (Wildman–Crippen LogP) is -2.98. The Balaban J connectivity index is 0.00000441. The first-order chi connectivity index (χ1) is 9.37. The molecule has 0 spiro atoms. The van der Waals surface area contributed by atoms with Crippen molar-refractivity contribution in [3.05, 3.63) is 0 Å². The Labute approximate surface area is 142 Å². The molecule has 1 heterocycles. The van der Waals surface area contributed by atoms with E-state index in [0.717, 1.165) is 12.8 Å². The number of piperidine rings is 1. The number of quaternary nitrogens is 1. The first kappa shape index (κ1) is 22.6. The number of hydrogen-bond acceptors (Lipinski definition) is 5. The van der Waals surface area contributed by atoms with Crippen molar-refractivity contribution in [3.63, 3.8) is 0 Å². The molecule has 1 aliphatic heterocycles. The largest absolute Gasteiger partial charge is 1.00 e. The van der Waals surface area contributed by atoms with Crippen LogP contribution in [0.1, 0.15) is 25.7 Å². The van der Waals surface area contributed by atoms with Crippen molar-refractivity contribution in [2.24, 2.45) is 0 Å². The molecular formula is C10H23ClNO7PS2. The van der Waals surface area contributed by atoms with E-state index in [9.17, 15) is 27.9 Å². The third-order valence-corrected chi connectivity index (χ3v) is 8.01. The van der Waals surface area contributed by atoms with Gasteiger partial charge in [0.25, 0.3) is 4.67 Å². The lowest BCUT2D eigenvalue weighted by Gasteiger charge is -2.46. The van der Waals surface area contributed by atoms with Crippen molar-refractivity contribution < 1.29 is 49.3 Å². The highest BCUT2D eigenvalue weighted by Gasteiger charge is 2.59. The zero-order chi connectivity index (χ0) is 16.5. The summed E-state index contributed by atoms with van der Waals surface area (Å²) < 4.78 is 40.1. The molecule has 0 aromatic rings. The van der Waals surface area contributed by atoms with Crippen molar-refractivity contribution in [1.29, 1.82) is 0 Å². The van der Waals surface area contributed by atoms with E-state index < -0.39 is 34.9 Å². The SMILES string of the molecule is C[N+]1(CCS)CCCCC1CC(O)(P(=O)(O)O)S(=O)(=O)O.[Cl-]. The minimum absolute atomic E-state index is 0. The molecule has 134 valence electrons. The molecule has 1 aliphatic rings. The van der Waals surface area contributed by atoms with Crippen LogP contribution in [0.15, 0.2) is 0 Å². The summed E-state index contributed by atoms with van der Waals surface area (Å²) in [6.45, 7) is 1.28. The predicted molar refractivity (Wildman–Crippen MR) is 80.6 cm³/mol. The van der Waals surface area contributed by atoms with Crippen LogP contribution in [0.4, 0.5) is 0 Å². The molecule has 1 saturated heterocycles. The normalized spacial score (nSPS) is 29.5. The van der Waals surface area contributed by atoms with Gasteiger partial charge in [0, 0.05) is 5.75 Å². The monoisotopic (exact) mass is 399 g/mol. The summed E-state index contributed by atoms with van der Waals surface area (Å²) in [6.07, 6.45) is 1.48. The quantitative estimate of drug-likeness (QED) is 0.139. The van der Waals surface area contributed by atoms with Gasteiger partial charge in [-0.05, 0) is 19.3 Å². The molecular weight excluding hydrogens is 377 g/mol. The van der Waals surface area contributed by atoms with Crippen molar-refractivity contribution >= 4 is 30.3 Å². The van der Waals surface area contributed by atoms with Gasteiger partial charge in [0.15, 0.2) is 0 Å². The van der Waals surface area contributed by atoms with Crippen molar-refractivity contribution in [2.75, 3.05) is 25.9 Å². The Morgan fingerprint density at radius 3 is 2.32 bits per heavy atom. The van der Waals surface area contributed by atoms with Crippen LogP contribution in [0.25, 0.3) is 0 Å². The number of aliphatic hydroxyl groups is 1. The topological polar surface area (TPSA) is 132 Å². The number of nitrogens with zero attached hydrogens (tertiary/aromatic N) is 1. The fourth-order valence-electron chi connectivity index (χ4n) is 2.87. The number of halogens is 1. The Bertz CT molecular complexity index is 523. The van der Waals surface area contributed by atoms with Gasteiger partial charge in [-0.15, -0.1) is 0 Å². The van der Waals surface area contributed by atoms with Crippen LogP contribution in [-0.2, 0) is 14.7 Å². The maximum atomic E-state index is 11.4.